The summed E-state index contributed by atoms with van der Waals surface area (Å²) in [4.78, 5) is 26.6. The van der Waals surface area contributed by atoms with E-state index in [9.17, 15) is 9.59 Å². The molecule has 1 aliphatic heterocycles. The molecular formula is C19H22N4O3. The van der Waals surface area contributed by atoms with E-state index in [0.29, 0.717) is 39.0 Å². The monoisotopic (exact) mass is 354 g/mol. The Morgan fingerprint density at radius 1 is 1.31 bits per heavy atom. The fraction of sp³-hybridized carbons (Fsp3) is 0.316. The van der Waals surface area contributed by atoms with Gasteiger partial charge in [0.15, 0.2) is 0 Å². The number of anilines is 2. The number of carbonyl (C=O) groups excluding carboxylic acids is 2. The van der Waals surface area contributed by atoms with Crippen LogP contribution >= 0.6 is 0 Å². The van der Waals surface area contributed by atoms with Gasteiger partial charge in [0.25, 0.3) is 0 Å². The van der Waals surface area contributed by atoms with Gasteiger partial charge in [0.2, 0.25) is 11.8 Å². The number of amides is 2. The van der Waals surface area contributed by atoms with Crippen LogP contribution in [0, 0.1) is 0 Å². The molecule has 3 rings (SSSR count). The molecule has 1 aromatic carbocycles. The molecule has 7 heteroatoms. The van der Waals surface area contributed by atoms with E-state index >= 15 is 0 Å². The number of hydrogen-bond acceptors (Lipinski definition) is 5. The van der Waals surface area contributed by atoms with Crippen molar-refractivity contribution in [2.45, 2.75) is 19.3 Å². The molecule has 0 bridgehead atoms. The van der Waals surface area contributed by atoms with E-state index in [0.717, 1.165) is 28.2 Å². The number of pyridine rings is 1. The third-order valence-electron chi connectivity index (χ3n) is 4.10. The van der Waals surface area contributed by atoms with Crippen LogP contribution in [0.3, 0.4) is 0 Å². The van der Waals surface area contributed by atoms with Crippen molar-refractivity contribution >= 4 is 23.3 Å². The number of benzene rings is 1. The van der Waals surface area contributed by atoms with Crippen LogP contribution in [0.2, 0.25) is 0 Å². The molecule has 0 saturated carbocycles. The Hall–Kier alpha value is -2.93. The molecule has 0 aliphatic carbocycles. The molecule has 0 unspecified atom stereocenters. The van der Waals surface area contributed by atoms with E-state index in [4.69, 9.17) is 10.5 Å². The molecule has 26 heavy (non-hydrogen) atoms. The maximum atomic E-state index is 11.5. The van der Waals surface area contributed by atoms with Gasteiger partial charge < -0.3 is 21.1 Å². The molecule has 0 spiro atoms. The number of nitrogens with one attached hydrogen (secondary N) is 2. The Morgan fingerprint density at radius 3 is 3.04 bits per heavy atom. The number of ether oxygens (including phenoxy) is 1. The molecule has 0 atom stereocenters. The van der Waals surface area contributed by atoms with E-state index in [1.54, 1.807) is 6.20 Å². The molecule has 136 valence electrons. The SMILES string of the molecule is NC(=O)CCCOCCNc1ncccc1-c1ccc2c(c1)NC(=O)C2. The van der Waals surface area contributed by atoms with Crippen LogP contribution in [0.25, 0.3) is 11.1 Å². The fourth-order valence-corrected chi connectivity index (χ4v) is 2.85. The van der Waals surface area contributed by atoms with Gasteiger partial charge in [0.05, 0.1) is 13.0 Å². The first-order valence-corrected chi connectivity index (χ1v) is 8.61. The van der Waals surface area contributed by atoms with E-state index in [2.05, 4.69) is 15.6 Å². The van der Waals surface area contributed by atoms with Crippen molar-refractivity contribution in [1.29, 1.82) is 0 Å². The summed E-state index contributed by atoms with van der Waals surface area (Å²) in [5.41, 5.74) is 8.91. The minimum atomic E-state index is -0.310. The number of rotatable bonds is 9. The molecule has 1 aromatic heterocycles. The highest BCUT2D eigenvalue weighted by atomic mass is 16.5. The van der Waals surface area contributed by atoms with Crippen LogP contribution in [0.1, 0.15) is 18.4 Å². The van der Waals surface area contributed by atoms with Gasteiger partial charge in [-0.15, -0.1) is 0 Å². The van der Waals surface area contributed by atoms with Gasteiger partial charge in [-0.3, -0.25) is 9.59 Å². The maximum absolute atomic E-state index is 11.5. The van der Waals surface area contributed by atoms with Crippen molar-refractivity contribution in [3.63, 3.8) is 0 Å². The summed E-state index contributed by atoms with van der Waals surface area (Å²) in [6.45, 7) is 1.61. The topological polar surface area (TPSA) is 106 Å². The number of carbonyl (C=O) groups is 2. The largest absolute Gasteiger partial charge is 0.380 e. The first kappa shape index (κ1) is 17.9. The summed E-state index contributed by atoms with van der Waals surface area (Å²) in [6, 6.07) is 9.82. The number of nitrogens with zero attached hydrogens (tertiary/aromatic N) is 1. The quantitative estimate of drug-likeness (QED) is 0.597. The number of fused-ring (bicyclic) bond motifs is 1. The summed E-state index contributed by atoms with van der Waals surface area (Å²) in [6.07, 6.45) is 3.13. The molecule has 4 N–H and O–H groups in total. The van der Waals surface area contributed by atoms with Crippen molar-refractivity contribution in [3.8, 4) is 11.1 Å². The van der Waals surface area contributed by atoms with Crippen LogP contribution in [0.5, 0.6) is 0 Å². The summed E-state index contributed by atoms with van der Waals surface area (Å²) < 4.78 is 5.48. The predicted molar refractivity (Wildman–Crippen MR) is 99.7 cm³/mol. The normalized spacial score (nSPS) is 12.5. The van der Waals surface area contributed by atoms with Crippen LogP contribution in [-0.4, -0.2) is 36.6 Å². The average Bonchev–Trinajstić information content (AvgIpc) is 3.00. The Morgan fingerprint density at radius 2 is 2.19 bits per heavy atom. The minimum absolute atomic E-state index is 0.0233. The number of primary amides is 1. The van der Waals surface area contributed by atoms with Crippen molar-refractivity contribution in [2.75, 3.05) is 30.4 Å². The Bertz CT molecular complexity index is 807. The van der Waals surface area contributed by atoms with Gasteiger partial charge >= 0.3 is 0 Å². The Kier molecular flexibility index (Phi) is 5.80. The van der Waals surface area contributed by atoms with Crippen molar-refractivity contribution < 1.29 is 14.3 Å². The van der Waals surface area contributed by atoms with Gasteiger partial charge in [-0.2, -0.15) is 0 Å². The molecule has 2 aromatic rings. The second kappa shape index (κ2) is 8.44. The highest BCUT2D eigenvalue weighted by molar-refractivity contribution is 6.00. The van der Waals surface area contributed by atoms with Crippen LogP contribution < -0.4 is 16.4 Å². The van der Waals surface area contributed by atoms with Gasteiger partial charge in [-0.25, -0.2) is 4.98 Å². The highest BCUT2D eigenvalue weighted by Crippen LogP contribution is 2.32. The number of hydrogen-bond donors (Lipinski definition) is 3. The molecule has 7 nitrogen and oxygen atoms in total. The third-order valence-corrected chi connectivity index (χ3v) is 4.10. The molecule has 2 heterocycles. The highest BCUT2D eigenvalue weighted by Gasteiger charge is 2.18. The maximum Gasteiger partial charge on any atom is 0.228 e. The molecular weight excluding hydrogens is 332 g/mol. The summed E-state index contributed by atoms with van der Waals surface area (Å²) in [7, 11) is 0. The fourth-order valence-electron chi connectivity index (χ4n) is 2.85. The molecule has 2 amide bonds. The Balaban J connectivity index is 1.58. The van der Waals surface area contributed by atoms with Crippen LogP contribution in [0.4, 0.5) is 11.5 Å². The Labute approximate surface area is 151 Å². The zero-order chi connectivity index (χ0) is 18.4. The van der Waals surface area contributed by atoms with Gasteiger partial charge in [0, 0.05) is 37.0 Å². The molecule has 0 saturated heterocycles. The number of nitrogens with two attached hydrogens (primary N) is 1. The lowest BCUT2D eigenvalue weighted by molar-refractivity contribution is -0.118. The first-order chi connectivity index (χ1) is 12.6. The van der Waals surface area contributed by atoms with E-state index in [1.165, 1.54) is 0 Å². The third kappa shape index (κ3) is 4.58. The van der Waals surface area contributed by atoms with Gasteiger partial charge in [-0.05, 0) is 35.7 Å². The second-order valence-corrected chi connectivity index (χ2v) is 6.11. The second-order valence-electron chi connectivity index (χ2n) is 6.11. The van der Waals surface area contributed by atoms with Crippen LogP contribution in [-0.2, 0) is 20.7 Å². The van der Waals surface area contributed by atoms with Crippen LogP contribution in [0.15, 0.2) is 36.5 Å². The van der Waals surface area contributed by atoms with Crippen molar-refractivity contribution in [1.82, 2.24) is 4.98 Å². The minimum Gasteiger partial charge on any atom is -0.380 e. The summed E-state index contributed by atoms with van der Waals surface area (Å²) in [5.74, 6) is 0.475. The summed E-state index contributed by atoms with van der Waals surface area (Å²) in [5, 5.41) is 6.15. The molecule has 0 fully saturated rings. The average molecular weight is 354 g/mol. The van der Waals surface area contributed by atoms with Crippen molar-refractivity contribution in [3.05, 3.63) is 42.1 Å². The van der Waals surface area contributed by atoms with E-state index in [-0.39, 0.29) is 11.8 Å². The van der Waals surface area contributed by atoms with Gasteiger partial charge in [0.1, 0.15) is 5.82 Å². The zero-order valence-corrected chi connectivity index (χ0v) is 14.5. The number of aromatic nitrogens is 1. The first-order valence-electron chi connectivity index (χ1n) is 8.61. The zero-order valence-electron chi connectivity index (χ0n) is 14.5. The predicted octanol–water partition coefficient (Wildman–Crippen LogP) is 1.94. The van der Waals surface area contributed by atoms with Gasteiger partial charge in [-0.1, -0.05) is 12.1 Å². The molecule has 1 aliphatic rings. The lowest BCUT2D eigenvalue weighted by Crippen LogP contribution is -2.14. The smallest absolute Gasteiger partial charge is 0.228 e. The lowest BCUT2D eigenvalue weighted by Gasteiger charge is -2.12. The summed E-state index contributed by atoms with van der Waals surface area (Å²) >= 11 is 0. The lowest BCUT2D eigenvalue weighted by atomic mass is 10.0. The standard InChI is InChI=1S/C19H22N4O3/c20-17(24)4-2-9-26-10-8-22-19-15(3-1-7-21-19)13-5-6-14-12-18(25)23-16(14)11-13/h1,3,5-7,11H,2,4,8-10,12H2,(H2,20,24)(H,21,22)(H,23,25). The van der Waals surface area contributed by atoms with E-state index in [1.807, 2.05) is 30.3 Å². The van der Waals surface area contributed by atoms with E-state index < -0.39 is 0 Å². The van der Waals surface area contributed by atoms with Crippen molar-refractivity contribution in [2.24, 2.45) is 5.73 Å². The molecule has 0 radical (unpaired) electrons.